The summed E-state index contributed by atoms with van der Waals surface area (Å²) < 4.78 is 2.25. The van der Waals surface area contributed by atoms with Gasteiger partial charge in [-0.25, -0.2) is 0 Å². The minimum Gasteiger partial charge on any atom is -0.347 e. The Kier molecular flexibility index (Phi) is 6.39. The van der Waals surface area contributed by atoms with E-state index in [9.17, 15) is 0 Å². The molecule has 2 aromatic heterocycles. The molecule has 7 heteroatoms. The van der Waals surface area contributed by atoms with Gasteiger partial charge in [-0.05, 0) is 43.7 Å². The van der Waals surface area contributed by atoms with Gasteiger partial charge in [0.2, 0.25) is 10.3 Å². The number of piperazine rings is 1. The van der Waals surface area contributed by atoms with Crippen LogP contribution in [0.2, 0.25) is 0 Å². The molecule has 5 rings (SSSR count). The molecule has 1 aliphatic carbocycles. The zero-order valence-corrected chi connectivity index (χ0v) is 19.2. The van der Waals surface area contributed by atoms with E-state index in [0.29, 0.717) is 0 Å². The van der Waals surface area contributed by atoms with Crippen molar-refractivity contribution in [1.82, 2.24) is 24.6 Å². The highest BCUT2D eigenvalue weighted by molar-refractivity contribution is 7.17. The summed E-state index contributed by atoms with van der Waals surface area (Å²) in [4.78, 5) is 7.78. The first-order chi connectivity index (χ1) is 14.8. The predicted molar refractivity (Wildman–Crippen MR) is 124 cm³/mol. The van der Waals surface area contributed by atoms with Crippen LogP contribution in [0.4, 0.5) is 5.13 Å². The smallest absolute Gasteiger partial charge is 0.218 e. The van der Waals surface area contributed by atoms with Crippen LogP contribution in [-0.4, -0.2) is 69.9 Å². The van der Waals surface area contributed by atoms with Crippen molar-refractivity contribution in [2.45, 2.75) is 64.5 Å². The molecule has 2 saturated heterocycles. The maximum absolute atomic E-state index is 4.54. The van der Waals surface area contributed by atoms with Gasteiger partial charge in [0, 0.05) is 63.7 Å². The van der Waals surface area contributed by atoms with E-state index < -0.39 is 0 Å². The normalized spacial score (nSPS) is 23.3. The Hall–Kier alpha value is -1.44. The lowest BCUT2D eigenvalue weighted by atomic mass is 9.94. The van der Waals surface area contributed by atoms with E-state index in [-0.39, 0.29) is 0 Å². The zero-order valence-electron chi connectivity index (χ0n) is 18.4. The van der Waals surface area contributed by atoms with E-state index in [0.717, 1.165) is 41.9 Å². The fourth-order valence-corrected chi connectivity index (χ4v) is 6.24. The molecule has 0 unspecified atom stereocenters. The van der Waals surface area contributed by atoms with Crippen molar-refractivity contribution in [1.29, 1.82) is 0 Å². The maximum atomic E-state index is 4.54. The molecule has 6 nitrogen and oxygen atoms in total. The number of aromatic nitrogens is 3. The van der Waals surface area contributed by atoms with E-state index in [1.807, 2.05) is 0 Å². The van der Waals surface area contributed by atoms with Crippen LogP contribution in [0.25, 0.3) is 5.13 Å². The molecule has 0 atom stereocenters. The minimum absolute atomic E-state index is 0.836. The average Bonchev–Trinajstić information content (AvgIpc) is 3.45. The third-order valence-electron chi connectivity index (χ3n) is 7.38. The lowest BCUT2D eigenvalue weighted by Gasteiger charge is -2.40. The van der Waals surface area contributed by atoms with Gasteiger partial charge in [-0.1, -0.05) is 37.5 Å². The lowest BCUT2D eigenvalue weighted by molar-refractivity contribution is 0.0747. The van der Waals surface area contributed by atoms with E-state index in [1.54, 1.807) is 11.3 Å². The average molecular weight is 429 g/mol. The molecular weight excluding hydrogens is 392 g/mol. The van der Waals surface area contributed by atoms with Gasteiger partial charge < -0.3 is 4.90 Å². The summed E-state index contributed by atoms with van der Waals surface area (Å²) in [7, 11) is 0. The van der Waals surface area contributed by atoms with E-state index in [2.05, 4.69) is 54.7 Å². The lowest BCUT2D eigenvalue weighted by Crippen LogP contribution is -2.50. The molecule has 4 heterocycles. The van der Waals surface area contributed by atoms with E-state index >= 15 is 0 Å². The van der Waals surface area contributed by atoms with Gasteiger partial charge in [0.05, 0.1) is 0 Å². The fourth-order valence-electron chi connectivity index (χ4n) is 5.33. The third kappa shape index (κ3) is 4.58. The van der Waals surface area contributed by atoms with Gasteiger partial charge in [0.25, 0.3) is 0 Å². The molecule has 3 fully saturated rings. The van der Waals surface area contributed by atoms with Crippen molar-refractivity contribution < 1.29 is 0 Å². The second kappa shape index (κ2) is 9.37. The Balaban J connectivity index is 1.19. The van der Waals surface area contributed by atoms with Gasteiger partial charge >= 0.3 is 0 Å². The van der Waals surface area contributed by atoms with Gasteiger partial charge in [0.15, 0.2) is 0 Å². The second-order valence-electron chi connectivity index (χ2n) is 9.51. The topological polar surface area (TPSA) is 40.4 Å². The molecule has 0 radical (unpaired) electrons. The molecular formula is C23H36N6S. The van der Waals surface area contributed by atoms with Crippen LogP contribution < -0.4 is 4.90 Å². The van der Waals surface area contributed by atoms with Crippen molar-refractivity contribution in [3.8, 4) is 5.13 Å². The molecule has 0 spiro atoms. The molecule has 164 valence electrons. The zero-order chi connectivity index (χ0) is 20.3. The maximum Gasteiger partial charge on any atom is 0.218 e. The van der Waals surface area contributed by atoms with Crippen molar-refractivity contribution >= 4 is 16.5 Å². The number of rotatable bonds is 5. The van der Waals surface area contributed by atoms with E-state index in [4.69, 9.17) is 0 Å². The molecule has 0 N–H and O–H groups in total. The minimum atomic E-state index is 0.836. The van der Waals surface area contributed by atoms with Crippen LogP contribution >= 0.6 is 11.3 Å². The van der Waals surface area contributed by atoms with Crippen LogP contribution in [0.3, 0.4) is 0 Å². The van der Waals surface area contributed by atoms with Crippen molar-refractivity contribution in [2.75, 3.05) is 44.2 Å². The van der Waals surface area contributed by atoms with Gasteiger partial charge in [-0.15, -0.1) is 10.2 Å². The monoisotopic (exact) mass is 428 g/mol. The summed E-state index contributed by atoms with van der Waals surface area (Å²) in [6.45, 7) is 10.4. The van der Waals surface area contributed by atoms with Gasteiger partial charge in [0.1, 0.15) is 0 Å². The van der Waals surface area contributed by atoms with Crippen molar-refractivity contribution in [2.24, 2.45) is 5.92 Å². The number of anilines is 1. The van der Waals surface area contributed by atoms with Crippen LogP contribution in [0.15, 0.2) is 18.3 Å². The largest absolute Gasteiger partial charge is 0.347 e. The third-order valence-corrected chi connectivity index (χ3v) is 8.36. The van der Waals surface area contributed by atoms with Gasteiger partial charge in [-0.2, -0.15) is 0 Å². The first-order valence-electron chi connectivity index (χ1n) is 12.0. The second-order valence-corrected chi connectivity index (χ2v) is 10.4. The van der Waals surface area contributed by atoms with Crippen LogP contribution in [0.5, 0.6) is 0 Å². The number of nitrogens with zero attached hydrogens (tertiary/aromatic N) is 6. The molecule has 2 aliphatic heterocycles. The Labute approximate surface area is 184 Å². The Morgan fingerprint density at radius 2 is 1.63 bits per heavy atom. The van der Waals surface area contributed by atoms with Gasteiger partial charge in [-0.3, -0.25) is 14.4 Å². The first kappa shape index (κ1) is 20.5. The molecule has 3 aliphatic rings. The number of hydrogen-bond acceptors (Lipinski definition) is 6. The molecule has 0 bridgehead atoms. The number of hydrogen-bond donors (Lipinski definition) is 0. The molecule has 0 aromatic carbocycles. The van der Waals surface area contributed by atoms with E-state index in [1.165, 1.54) is 76.8 Å². The Bertz CT molecular complexity index is 794. The summed E-state index contributed by atoms with van der Waals surface area (Å²) in [6, 6.07) is 5.25. The molecule has 0 amide bonds. The highest BCUT2D eigenvalue weighted by Gasteiger charge is 2.26. The number of piperidine rings is 1. The summed E-state index contributed by atoms with van der Waals surface area (Å²) in [5, 5.41) is 11.2. The first-order valence-corrected chi connectivity index (χ1v) is 12.8. The Morgan fingerprint density at radius 3 is 2.40 bits per heavy atom. The van der Waals surface area contributed by atoms with Crippen LogP contribution in [-0.2, 0) is 6.54 Å². The molecule has 30 heavy (non-hydrogen) atoms. The van der Waals surface area contributed by atoms with Crippen molar-refractivity contribution in [3.05, 3.63) is 24.0 Å². The fraction of sp³-hybridized carbons (Fsp3) is 0.739. The molecule has 2 aromatic rings. The van der Waals surface area contributed by atoms with Crippen LogP contribution in [0, 0.1) is 5.92 Å². The SMILES string of the molecule is CC1CCN(c2nnc(-n3cccc3CN3CCN(C4CCCCC4)CC3)s2)CC1. The summed E-state index contributed by atoms with van der Waals surface area (Å²) in [5.74, 6) is 0.836. The van der Waals surface area contributed by atoms with Crippen LogP contribution in [0.1, 0.15) is 57.6 Å². The summed E-state index contributed by atoms with van der Waals surface area (Å²) in [6.07, 6.45) is 11.8. The summed E-state index contributed by atoms with van der Waals surface area (Å²) >= 11 is 1.73. The predicted octanol–water partition coefficient (Wildman–Crippen LogP) is 4.02. The Morgan fingerprint density at radius 1 is 0.900 bits per heavy atom. The highest BCUT2D eigenvalue weighted by atomic mass is 32.1. The summed E-state index contributed by atoms with van der Waals surface area (Å²) in [5.41, 5.74) is 1.33. The quantitative estimate of drug-likeness (QED) is 0.719. The van der Waals surface area contributed by atoms with Crippen molar-refractivity contribution in [3.63, 3.8) is 0 Å². The standard InChI is InChI=1S/C23H36N6S/c1-19-9-12-28(13-10-19)22-24-25-23(30-22)29-11-5-8-21(29)18-26-14-16-27(17-15-26)20-6-3-2-4-7-20/h5,8,11,19-20H,2-4,6-7,9-10,12-18H2,1H3. The molecule has 1 saturated carbocycles. The highest BCUT2D eigenvalue weighted by Crippen LogP contribution is 2.29.